The number of rotatable bonds is 5. The number of nitrogens with zero attached hydrogens (tertiary/aromatic N) is 5. The van der Waals surface area contributed by atoms with E-state index in [4.69, 9.17) is 25.5 Å². The molecule has 30 heavy (non-hydrogen) atoms. The molecule has 6 N–H and O–H groups in total. The fourth-order valence-corrected chi connectivity index (χ4v) is 4.47. The topological polar surface area (TPSA) is 207 Å². The zero-order valence-electron chi connectivity index (χ0n) is 16.2. The first-order valence-electron chi connectivity index (χ1n) is 8.84. The minimum atomic E-state index is -4.35. The number of anilines is 2. The number of hydrogen-bond donors (Lipinski definition) is 4. The van der Waals surface area contributed by atoms with Crippen LogP contribution < -0.4 is 45.9 Å². The SMILES string of the molecule is Nc1ncnc2c1nc(N)n2[C@@H]1O[C@H](COP(=O)([O-])N2CCOCC2)[C@@H](O)[C@H]1O.[Na+]. The molecule has 0 radical (unpaired) electrons. The Morgan fingerprint density at radius 1 is 1.27 bits per heavy atom. The summed E-state index contributed by atoms with van der Waals surface area (Å²) in [5.74, 6) is 0.0269. The van der Waals surface area contributed by atoms with Gasteiger partial charge in [-0.1, -0.05) is 0 Å². The Balaban J connectivity index is 0.00000256. The van der Waals surface area contributed by atoms with Crippen LogP contribution in [0.25, 0.3) is 11.2 Å². The molecule has 2 aliphatic rings. The van der Waals surface area contributed by atoms with E-state index in [1.165, 1.54) is 10.9 Å². The van der Waals surface area contributed by atoms with Gasteiger partial charge >= 0.3 is 29.6 Å². The van der Waals surface area contributed by atoms with Crippen LogP contribution in [0.3, 0.4) is 0 Å². The van der Waals surface area contributed by atoms with Gasteiger partial charge in [-0.2, -0.15) is 0 Å². The van der Waals surface area contributed by atoms with Crippen molar-refractivity contribution in [3.63, 3.8) is 0 Å². The molecule has 2 aliphatic heterocycles. The normalized spacial score (nSPS) is 29.6. The fourth-order valence-electron chi connectivity index (χ4n) is 3.32. The summed E-state index contributed by atoms with van der Waals surface area (Å²) in [4.78, 5) is 24.3. The molecule has 2 aromatic rings. The number of nitrogens with two attached hydrogens (primary N) is 2. The largest absolute Gasteiger partial charge is 1.00 e. The average molecular weight is 453 g/mol. The van der Waals surface area contributed by atoms with E-state index in [0.29, 0.717) is 0 Å². The maximum absolute atomic E-state index is 12.3. The Bertz CT molecular complexity index is 943. The van der Waals surface area contributed by atoms with Crippen molar-refractivity contribution >= 4 is 30.7 Å². The summed E-state index contributed by atoms with van der Waals surface area (Å²) in [6.07, 6.45) is -3.97. The Morgan fingerprint density at radius 3 is 2.67 bits per heavy atom. The van der Waals surface area contributed by atoms with Crippen molar-refractivity contribution in [3.05, 3.63) is 6.33 Å². The quantitative estimate of drug-likeness (QED) is 0.246. The van der Waals surface area contributed by atoms with E-state index < -0.39 is 38.9 Å². The third-order valence-electron chi connectivity index (χ3n) is 4.86. The van der Waals surface area contributed by atoms with Gasteiger partial charge in [0.1, 0.15) is 24.6 Å². The Kier molecular flexibility index (Phi) is 7.37. The van der Waals surface area contributed by atoms with Crippen molar-refractivity contribution in [3.8, 4) is 0 Å². The first-order chi connectivity index (χ1) is 13.8. The molecule has 1 unspecified atom stereocenters. The van der Waals surface area contributed by atoms with Gasteiger partial charge in [0.25, 0.3) is 0 Å². The number of aliphatic hydroxyl groups excluding tert-OH is 2. The Hall–Kier alpha value is -0.900. The molecule has 2 fully saturated rings. The van der Waals surface area contributed by atoms with Crippen LogP contribution in [0, 0.1) is 0 Å². The second-order valence-electron chi connectivity index (χ2n) is 6.65. The number of aliphatic hydroxyl groups is 2. The van der Waals surface area contributed by atoms with Crippen molar-refractivity contribution in [1.82, 2.24) is 24.2 Å². The first kappa shape index (κ1) is 23.8. The molecule has 0 spiro atoms. The predicted molar refractivity (Wildman–Crippen MR) is 96.0 cm³/mol. The fraction of sp³-hybridized carbons (Fsp3) is 0.643. The van der Waals surface area contributed by atoms with Crippen LogP contribution in [0.5, 0.6) is 0 Å². The molecule has 4 rings (SSSR count). The summed E-state index contributed by atoms with van der Waals surface area (Å²) < 4.78 is 30.6. The van der Waals surface area contributed by atoms with Crippen LogP contribution in [0.4, 0.5) is 11.8 Å². The molecule has 2 saturated heterocycles. The van der Waals surface area contributed by atoms with Gasteiger partial charge in [-0.05, 0) is 0 Å². The molecule has 0 bridgehead atoms. The zero-order valence-corrected chi connectivity index (χ0v) is 19.1. The second kappa shape index (κ2) is 9.30. The van der Waals surface area contributed by atoms with Crippen molar-refractivity contribution in [2.45, 2.75) is 24.5 Å². The molecule has 160 valence electrons. The molecule has 2 aromatic heterocycles. The van der Waals surface area contributed by atoms with Crippen LogP contribution in [0.15, 0.2) is 6.33 Å². The van der Waals surface area contributed by atoms with Crippen LogP contribution in [-0.4, -0.2) is 85.6 Å². The van der Waals surface area contributed by atoms with E-state index in [-0.39, 0.29) is 78.8 Å². The van der Waals surface area contributed by atoms with E-state index in [9.17, 15) is 19.7 Å². The van der Waals surface area contributed by atoms with Crippen LogP contribution in [0.2, 0.25) is 0 Å². The Morgan fingerprint density at radius 2 is 1.97 bits per heavy atom. The molecule has 4 heterocycles. The summed E-state index contributed by atoms with van der Waals surface area (Å²) in [5.41, 5.74) is 12.1. The number of ether oxygens (including phenoxy) is 2. The van der Waals surface area contributed by atoms with Crippen molar-refractivity contribution in [1.29, 1.82) is 0 Å². The molecular formula is C14H21N7NaO7P. The maximum Gasteiger partial charge on any atom is 1.00 e. The number of imidazole rings is 1. The summed E-state index contributed by atoms with van der Waals surface area (Å²) in [6, 6.07) is 0. The van der Waals surface area contributed by atoms with Gasteiger partial charge in [0.05, 0.1) is 19.8 Å². The van der Waals surface area contributed by atoms with E-state index in [2.05, 4.69) is 15.0 Å². The monoisotopic (exact) mass is 453 g/mol. The molecular weight excluding hydrogens is 432 g/mol. The number of morpholine rings is 1. The number of nitrogen functional groups attached to an aromatic ring is 2. The third kappa shape index (κ3) is 4.36. The summed E-state index contributed by atoms with van der Waals surface area (Å²) in [6.45, 7) is 0.419. The standard InChI is InChI=1S/C14H22N7O7P.Na/c15-11-8-12(18-6-17-11)21(14(16)19-8)13-10(23)9(22)7(28-13)5-27-29(24,25)20-1-3-26-4-2-20;/h6-7,9-10,13,22-23H,1-5H2,(H2,16,19)(H,24,25)(H2,15,17,18);/q;+1/p-1/t7-,9-,10-,13-;/m1./s1. The molecule has 0 aromatic carbocycles. The minimum absolute atomic E-state index is 0. The molecule has 0 saturated carbocycles. The van der Waals surface area contributed by atoms with Crippen LogP contribution in [-0.2, 0) is 18.6 Å². The van der Waals surface area contributed by atoms with Gasteiger partial charge in [-0.25, -0.2) is 19.6 Å². The molecule has 0 aliphatic carbocycles. The van der Waals surface area contributed by atoms with E-state index in [1.54, 1.807) is 0 Å². The van der Waals surface area contributed by atoms with Crippen LogP contribution in [0.1, 0.15) is 6.23 Å². The Labute approximate surface area is 193 Å². The smallest absolute Gasteiger partial charge is 0.766 e. The zero-order chi connectivity index (χ0) is 20.8. The second-order valence-corrected chi connectivity index (χ2v) is 8.41. The molecule has 14 nitrogen and oxygen atoms in total. The van der Waals surface area contributed by atoms with Gasteiger partial charge in [0, 0.05) is 13.1 Å². The molecule has 16 heteroatoms. The summed E-state index contributed by atoms with van der Waals surface area (Å²) in [7, 11) is -4.35. The number of hydrogen-bond acceptors (Lipinski definition) is 12. The average Bonchev–Trinajstić information content (AvgIpc) is 3.18. The van der Waals surface area contributed by atoms with Crippen molar-refractivity contribution in [2.75, 3.05) is 44.4 Å². The van der Waals surface area contributed by atoms with Crippen molar-refractivity contribution < 1.29 is 63.2 Å². The van der Waals surface area contributed by atoms with Crippen LogP contribution >= 0.6 is 7.75 Å². The number of aromatic nitrogens is 4. The number of fused-ring (bicyclic) bond motifs is 1. The minimum Gasteiger partial charge on any atom is -0.766 e. The van der Waals surface area contributed by atoms with Crippen molar-refractivity contribution in [2.24, 2.45) is 0 Å². The van der Waals surface area contributed by atoms with Gasteiger partial charge in [0.15, 0.2) is 23.2 Å². The van der Waals surface area contributed by atoms with E-state index in [1.807, 2.05) is 0 Å². The molecule has 5 atom stereocenters. The van der Waals surface area contributed by atoms with Gasteiger partial charge in [0.2, 0.25) is 13.7 Å². The first-order valence-corrected chi connectivity index (χ1v) is 10.3. The van der Waals surface area contributed by atoms with Gasteiger partial charge < -0.3 is 40.6 Å². The third-order valence-corrected chi connectivity index (χ3v) is 6.43. The van der Waals surface area contributed by atoms with Gasteiger partial charge in [-0.3, -0.25) is 9.13 Å². The predicted octanol–water partition coefficient (Wildman–Crippen LogP) is -5.57. The summed E-state index contributed by atoms with van der Waals surface area (Å²) in [5, 5.41) is 20.8. The maximum atomic E-state index is 12.3. The summed E-state index contributed by atoms with van der Waals surface area (Å²) >= 11 is 0. The van der Waals surface area contributed by atoms with E-state index in [0.717, 1.165) is 4.67 Å². The van der Waals surface area contributed by atoms with Gasteiger partial charge in [-0.15, -0.1) is 0 Å². The molecule has 0 amide bonds. The van der Waals surface area contributed by atoms with E-state index >= 15 is 0 Å².